The van der Waals surface area contributed by atoms with Crippen molar-refractivity contribution in [3.05, 3.63) is 35.4 Å². The molecule has 18 heavy (non-hydrogen) atoms. The molecule has 2 heteroatoms. The van der Waals surface area contributed by atoms with E-state index < -0.39 is 0 Å². The second kappa shape index (κ2) is 8.74. The number of hydrogen-bond donors (Lipinski definition) is 1. The van der Waals surface area contributed by atoms with Crippen molar-refractivity contribution in [2.24, 2.45) is 0 Å². The highest BCUT2D eigenvalue weighted by Crippen LogP contribution is 2.08. The van der Waals surface area contributed by atoms with E-state index in [1.54, 1.807) is 0 Å². The Bertz CT molecular complexity index is 403. The number of hydrogen-bond acceptors (Lipinski definition) is 2. The summed E-state index contributed by atoms with van der Waals surface area (Å²) >= 11 is 0. The predicted molar refractivity (Wildman–Crippen MR) is 76.3 cm³/mol. The largest absolute Gasteiger partial charge is 0.395 e. The maximum absolute atomic E-state index is 8.70. The molecule has 0 saturated heterocycles. The molecule has 0 saturated carbocycles. The van der Waals surface area contributed by atoms with Crippen LogP contribution in [0.5, 0.6) is 0 Å². The van der Waals surface area contributed by atoms with E-state index in [0.29, 0.717) is 6.42 Å². The Labute approximate surface area is 111 Å². The fraction of sp³-hybridized carbons (Fsp3) is 0.500. The van der Waals surface area contributed by atoms with Crippen molar-refractivity contribution in [3.8, 4) is 11.8 Å². The van der Waals surface area contributed by atoms with Crippen LogP contribution in [0, 0.1) is 11.8 Å². The monoisotopic (exact) mass is 245 g/mol. The van der Waals surface area contributed by atoms with Crippen LogP contribution in [0.4, 0.5) is 0 Å². The molecular formula is C16H23NO. The average Bonchev–Trinajstić information content (AvgIpc) is 2.39. The highest BCUT2D eigenvalue weighted by atomic mass is 16.2. The van der Waals surface area contributed by atoms with Crippen LogP contribution >= 0.6 is 0 Å². The molecule has 0 heterocycles. The second-order valence-corrected chi connectivity index (χ2v) is 4.34. The van der Waals surface area contributed by atoms with Crippen LogP contribution in [-0.2, 0) is 6.54 Å². The van der Waals surface area contributed by atoms with Gasteiger partial charge in [-0.3, -0.25) is 4.90 Å². The van der Waals surface area contributed by atoms with Crippen molar-refractivity contribution in [3.63, 3.8) is 0 Å². The molecule has 1 aromatic rings. The van der Waals surface area contributed by atoms with Crippen LogP contribution in [0.2, 0.25) is 0 Å². The van der Waals surface area contributed by atoms with Crippen LogP contribution in [0.3, 0.4) is 0 Å². The van der Waals surface area contributed by atoms with E-state index >= 15 is 0 Å². The molecule has 0 spiro atoms. The Hall–Kier alpha value is -1.30. The van der Waals surface area contributed by atoms with E-state index in [0.717, 1.165) is 25.2 Å². The Morgan fingerprint density at radius 1 is 1.28 bits per heavy atom. The number of benzene rings is 1. The van der Waals surface area contributed by atoms with Crippen LogP contribution in [-0.4, -0.2) is 29.7 Å². The first kappa shape index (κ1) is 14.8. The van der Waals surface area contributed by atoms with Gasteiger partial charge >= 0.3 is 0 Å². The lowest BCUT2D eigenvalue weighted by Gasteiger charge is -2.19. The van der Waals surface area contributed by atoms with Gasteiger partial charge in [0.2, 0.25) is 0 Å². The van der Waals surface area contributed by atoms with E-state index in [4.69, 9.17) is 5.11 Å². The fourth-order valence-corrected chi connectivity index (χ4v) is 1.89. The van der Waals surface area contributed by atoms with E-state index in [2.05, 4.69) is 48.8 Å². The van der Waals surface area contributed by atoms with E-state index in [1.165, 1.54) is 12.0 Å². The SMILES string of the molecule is CCCN(CC)Cc1cccc(C#CCCO)c1. The van der Waals surface area contributed by atoms with Crippen molar-refractivity contribution in [1.82, 2.24) is 4.90 Å². The van der Waals surface area contributed by atoms with Crippen LogP contribution in [0.25, 0.3) is 0 Å². The highest BCUT2D eigenvalue weighted by molar-refractivity contribution is 5.37. The summed E-state index contributed by atoms with van der Waals surface area (Å²) in [5, 5.41) is 8.70. The minimum atomic E-state index is 0.132. The first-order valence-electron chi connectivity index (χ1n) is 6.71. The molecular weight excluding hydrogens is 222 g/mol. The van der Waals surface area contributed by atoms with Gasteiger partial charge in [0.25, 0.3) is 0 Å². The van der Waals surface area contributed by atoms with Crippen molar-refractivity contribution < 1.29 is 5.11 Å². The van der Waals surface area contributed by atoms with E-state index in [9.17, 15) is 0 Å². The molecule has 0 aliphatic rings. The lowest BCUT2D eigenvalue weighted by Crippen LogP contribution is -2.23. The number of aliphatic hydroxyl groups excluding tert-OH is 1. The Morgan fingerprint density at radius 3 is 2.78 bits per heavy atom. The van der Waals surface area contributed by atoms with E-state index in [-0.39, 0.29) is 6.61 Å². The van der Waals surface area contributed by atoms with Crippen molar-refractivity contribution >= 4 is 0 Å². The summed E-state index contributed by atoms with van der Waals surface area (Å²) in [6.45, 7) is 7.73. The van der Waals surface area contributed by atoms with E-state index in [1.807, 2.05) is 6.07 Å². The quantitative estimate of drug-likeness (QED) is 0.779. The average molecular weight is 245 g/mol. The van der Waals surface area contributed by atoms with Gasteiger partial charge in [-0.15, -0.1) is 0 Å². The normalized spacial score (nSPS) is 10.2. The fourth-order valence-electron chi connectivity index (χ4n) is 1.89. The Balaban J connectivity index is 2.67. The van der Waals surface area contributed by atoms with Gasteiger partial charge in [-0.1, -0.05) is 37.8 Å². The van der Waals surface area contributed by atoms with Gasteiger partial charge in [0.1, 0.15) is 0 Å². The zero-order valence-electron chi connectivity index (χ0n) is 11.4. The summed E-state index contributed by atoms with van der Waals surface area (Å²) < 4.78 is 0. The lowest BCUT2D eigenvalue weighted by atomic mass is 10.1. The third kappa shape index (κ3) is 5.35. The number of rotatable bonds is 6. The highest BCUT2D eigenvalue weighted by Gasteiger charge is 2.02. The molecule has 0 fully saturated rings. The first-order valence-corrected chi connectivity index (χ1v) is 6.71. The summed E-state index contributed by atoms with van der Waals surface area (Å²) in [6, 6.07) is 8.36. The molecule has 1 N–H and O–H groups in total. The van der Waals surface area contributed by atoms with Gasteiger partial charge in [-0.05, 0) is 37.2 Å². The number of aliphatic hydroxyl groups is 1. The summed E-state index contributed by atoms with van der Waals surface area (Å²) in [6.07, 6.45) is 1.73. The second-order valence-electron chi connectivity index (χ2n) is 4.34. The first-order chi connectivity index (χ1) is 8.80. The number of nitrogens with zero attached hydrogens (tertiary/aromatic N) is 1. The Kier molecular flexibility index (Phi) is 7.17. The molecule has 0 aromatic heterocycles. The molecule has 0 unspecified atom stereocenters. The molecule has 0 atom stereocenters. The van der Waals surface area contributed by atoms with Crippen LogP contribution < -0.4 is 0 Å². The lowest BCUT2D eigenvalue weighted by molar-refractivity contribution is 0.280. The van der Waals surface area contributed by atoms with Crippen molar-refractivity contribution in [2.75, 3.05) is 19.7 Å². The predicted octanol–water partition coefficient (Wildman–Crippen LogP) is 2.65. The van der Waals surface area contributed by atoms with Gasteiger partial charge in [0, 0.05) is 18.5 Å². The zero-order valence-corrected chi connectivity index (χ0v) is 11.4. The van der Waals surface area contributed by atoms with Gasteiger partial charge < -0.3 is 5.11 Å². The van der Waals surface area contributed by atoms with Crippen LogP contribution in [0.15, 0.2) is 24.3 Å². The molecule has 0 amide bonds. The summed E-state index contributed by atoms with van der Waals surface area (Å²) in [7, 11) is 0. The van der Waals surface area contributed by atoms with Gasteiger partial charge in [-0.2, -0.15) is 0 Å². The smallest absolute Gasteiger partial charge is 0.0540 e. The minimum absolute atomic E-state index is 0.132. The topological polar surface area (TPSA) is 23.5 Å². The Morgan fingerprint density at radius 2 is 2.11 bits per heavy atom. The summed E-state index contributed by atoms with van der Waals surface area (Å²) in [4.78, 5) is 2.43. The van der Waals surface area contributed by atoms with Gasteiger partial charge in [-0.25, -0.2) is 0 Å². The molecule has 1 rings (SSSR count). The standard InChI is InChI=1S/C16H23NO/c1-3-11-17(4-2)14-16-10-7-9-15(13-16)8-5-6-12-18/h7,9-10,13,18H,3-4,6,11-12,14H2,1-2H3. The zero-order chi connectivity index (χ0) is 13.2. The molecule has 2 nitrogen and oxygen atoms in total. The molecule has 0 bridgehead atoms. The summed E-state index contributed by atoms with van der Waals surface area (Å²) in [5.41, 5.74) is 2.34. The molecule has 0 radical (unpaired) electrons. The minimum Gasteiger partial charge on any atom is -0.395 e. The third-order valence-corrected chi connectivity index (χ3v) is 2.79. The third-order valence-electron chi connectivity index (χ3n) is 2.79. The maximum Gasteiger partial charge on any atom is 0.0540 e. The van der Waals surface area contributed by atoms with Gasteiger partial charge in [0.15, 0.2) is 0 Å². The van der Waals surface area contributed by atoms with Gasteiger partial charge in [0.05, 0.1) is 6.61 Å². The maximum atomic E-state index is 8.70. The van der Waals surface area contributed by atoms with Crippen molar-refractivity contribution in [1.29, 1.82) is 0 Å². The summed E-state index contributed by atoms with van der Waals surface area (Å²) in [5.74, 6) is 6.04. The van der Waals surface area contributed by atoms with Crippen LogP contribution in [0.1, 0.15) is 37.8 Å². The molecule has 98 valence electrons. The molecule has 0 aliphatic heterocycles. The molecule has 1 aromatic carbocycles. The molecule has 0 aliphatic carbocycles. The van der Waals surface area contributed by atoms with Crippen molar-refractivity contribution in [2.45, 2.75) is 33.2 Å².